The van der Waals surface area contributed by atoms with Gasteiger partial charge in [0.1, 0.15) is 11.3 Å². The fourth-order valence-corrected chi connectivity index (χ4v) is 5.16. The van der Waals surface area contributed by atoms with Gasteiger partial charge < -0.3 is 15.4 Å². The second-order valence-electron chi connectivity index (χ2n) is 9.84. The number of aryl methyl sites for hydroxylation is 1. The van der Waals surface area contributed by atoms with Gasteiger partial charge in [-0.25, -0.2) is 4.21 Å². The molecule has 1 unspecified atom stereocenters. The minimum absolute atomic E-state index is 0.0147. The van der Waals surface area contributed by atoms with Crippen molar-refractivity contribution in [3.05, 3.63) is 89.2 Å². The lowest BCUT2D eigenvalue weighted by Crippen LogP contribution is -2.42. The van der Waals surface area contributed by atoms with Crippen LogP contribution in [0.4, 0.5) is 20.2 Å². The third-order valence-corrected chi connectivity index (χ3v) is 7.65. The predicted octanol–water partition coefficient (Wildman–Crippen LogP) is 5.96. The number of benzene rings is 3. The normalized spacial score (nSPS) is 14.4. The Morgan fingerprint density at radius 1 is 1.10 bits per heavy atom. The smallest absolute Gasteiger partial charge is 0.321 e. The number of anilines is 2. The van der Waals surface area contributed by atoms with Crippen molar-refractivity contribution in [2.45, 2.75) is 30.3 Å². The van der Waals surface area contributed by atoms with Gasteiger partial charge in [-0.3, -0.25) is 15.1 Å². The molecule has 0 radical (unpaired) electrons. The van der Waals surface area contributed by atoms with E-state index < -0.39 is 28.3 Å². The van der Waals surface area contributed by atoms with Crippen molar-refractivity contribution in [2.75, 3.05) is 10.4 Å². The number of nitrogens with one attached hydrogen (secondary N) is 1. The molecule has 0 spiro atoms. The van der Waals surface area contributed by atoms with Gasteiger partial charge in [0.15, 0.2) is 16.8 Å². The first kappa shape index (κ1) is 27.8. The lowest BCUT2D eigenvalue weighted by atomic mass is 9.94. The molecule has 3 aromatic carbocycles. The minimum Gasteiger partial charge on any atom is -0.403 e. The van der Waals surface area contributed by atoms with Gasteiger partial charge in [-0.1, -0.05) is 41.9 Å². The Bertz CT molecular complexity index is 1670. The molecule has 1 aliphatic heterocycles. The van der Waals surface area contributed by atoms with Gasteiger partial charge >= 0.3 is 5.92 Å². The van der Waals surface area contributed by atoms with Gasteiger partial charge in [0.25, 0.3) is 0 Å². The van der Waals surface area contributed by atoms with Gasteiger partial charge in [-0.05, 0) is 61.4 Å². The predicted molar refractivity (Wildman–Crippen MR) is 153 cm³/mol. The standard InChI is InChI=1S/C28H26ClF2N5O3S/c1-27(2,37)28(30,31)26-24-25(35(3)34-26)21-12-9-18(17-5-4-6-20(13-17)40(38)39)14-22(21)36(33-24)23(15-32)16-7-10-19(29)11-8-16/h4-15,33,37H,32H2,1-3H3,(H,38,39)/b23-15-. The molecular weight excluding hydrogens is 560 g/mol. The highest BCUT2D eigenvalue weighted by atomic mass is 35.5. The number of hydrazine groups is 1. The number of nitrogens with two attached hydrogens (primary N) is 1. The van der Waals surface area contributed by atoms with Crippen molar-refractivity contribution in [2.24, 2.45) is 12.8 Å². The van der Waals surface area contributed by atoms with E-state index in [1.165, 1.54) is 10.9 Å². The van der Waals surface area contributed by atoms with E-state index in [2.05, 4.69) is 10.5 Å². The van der Waals surface area contributed by atoms with Crippen LogP contribution in [0.3, 0.4) is 0 Å². The summed E-state index contributed by atoms with van der Waals surface area (Å²) in [7, 11) is 1.55. The quantitative estimate of drug-likeness (QED) is 0.206. The molecule has 1 aromatic heterocycles. The first-order chi connectivity index (χ1) is 18.8. The molecule has 0 fully saturated rings. The van der Waals surface area contributed by atoms with Gasteiger partial charge in [0.05, 0.1) is 22.0 Å². The SMILES string of the molecule is Cn1nc(C(F)(F)C(C)(C)O)c2c1-c1ccc(-c3cccc(S(=O)O)c3)cc1N(/C(=C\N)c1ccc(Cl)cc1)N2. The van der Waals surface area contributed by atoms with Crippen LogP contribution in [0.5, 0.6) is 0 Å². The molecular formula is C28H26ClF2N5O3S. The number of halogens is 3. The zero-order valence-corrected chi connectivity index (χ0v) is 23.3. The molecule has 0 saturated heterocycles. The molecule has 2 heterocycles. The molecule has 40 heavy (non-hydrogen) atoms. The second kappa shape index (κ2) is 10.0. The molecule has 4 aromatic rings. The van der Waals surface area contributed by atoms with Crippen molar-refractivity contribution >= 4 is 39.8 Å². The molecule has 12 heteroatoms. The Morgan fingerprint density at radius 2 is 1.77 bits per heavy atom. The van der Waals surface area contributed by atoms with Gasteiger partial charge in [0, 0.05) is 29.4 Å². The van der Waals surface area contributed by atoms with Crippen LogP contribution in [0.1, 0.15) is 25.1 Å². The summed E-state index contributed by atoms with van der Waals surface area (Å²) in [6, 6.07) is 18.9. The Labute approximate surface area is 236 Å². The first-order valence-corrected chi connectivity index (χ1v) is 13.6. The lowest BCUT2D eigenvalue weighted by molar-refractivity contribution is -0.170. The summed E-state index contributed by atoms with van der Waals surface area (Å²) in [5.74, 6) is -3.71. The molecule has 5 rings (SSSR count). The molecule has 0 aliphatic carbocycles. The highest BCUT2D eigenvalue weighted by Crippen LogP contribution is 2.50. The molecule has 5 N–H and O–H groups in total. The topological polar surface area (TPSA) is 117 Å². The second-order valence-corrected chi connectivity index (χ2v) is 11.3. The van der Waals surface area contributed by atoms with Crippen LogP contribution < -0.4 is 16.2 Å². The average Bonchev–Trinajstić information content (AvgIpc) is 3.26. The first-order valence-electron chi connectivity index (χ1n) is 12.1. The Morgan fingerprint density at radius 3 is 2.40 bits per heavy atom. The van der Waals surface area contributed by atoms with E-state index in [-0.39, 0.29) is 10.6 Å². The fraction of sp³-hybridized carbons (Fsp3) is 0.179. The zero-order chi connectivity index (χ0) is 29.0. The highest BCUT2D eigenvalue weighted by Gasteiger charge is 2.52. The molecule has 0 saturated carbocycles. The van der Waals surface area contributed by atoms with E-state index in [0.717, 1.165) is 13.8 Å². The maximum atomic E-state index is 15.5. The number of hydrogen-bond donors (Lipinski definition) is 4. The van der Waals surface area contributed by atoms with Crippen LogP contribution >= 0.6 is 11.6 Å². The van der Waals surface area contributed by atoms with Crippen LogP contribution in [0.2, 0.25) is 5.02 Å². The molecule has 8 nitrogen and oxygen atoms in total. The van der Waals surface area contributed by atoms with E-state index >= 15 is 8.78 Å². The number of rotatable bonds is 6. The van der Waals surface area contributed by atoms with E-state index in [4.69, 9.17) is 17.3 Å². The highest BCUT2D eigenvalue weighted by molar-refractivity contribution is 7.79. The van der Waals surface area contributed by atoms with E-state index in [9.17, 15) is 13.9 Å². The third kappa shape index (κ3) is 4.64. The van der Waals surface area contributed by atoms with Gasteiger partial charge in [-0.2, -0.15) is 13.9 Å². The van der Waals surface area contributed by atoms with E-state index in [1.807, 2.05) is 6.07 Å². The maximum Gasteiger partial charge on any atom is 0.321 e. The van der Waals surface area contributed by atoms with Crippen molar-refractivity contribution in [3.63, 3.8) is 0 Å². The molecule has 0 amide bonds. The number of aromatic nitrogens is 2. The monoisotopic (exact) mass is 585 g/mol. The number of alkyl halides is 2. The summed E-state index contributed by atoms with van der Waals surface area (Å²) in [6.45, 7) is 2.06. The summed E-state index contributed by atoms with van der Waals surface area (Å²) in [5.41, 5.74) is 10.2. The van der Waals surface area contributed by atoms with E-state index in [0.29, 0.717) is 44.4 Å². The van der Waals surface area contributed by atoms with Gasteiger partial charge in [-0.15, -0.1) is 0 Å². The lowest BCUT2D eigenvalue weighted by Gasteiger charge is -2.36. The third-order valence-electron chi connectivity index (χ3n) is 6.74. The number of nitrogens with zero attached hydrogens (tertiary/aromatic N) is 3. The average molecular weight is 586 g/mol. The van der Waals surface area contributed by atoms with Crippen molar-refractivity contribution in [1.29, 1.82) is 0 Å². The van der Waals surface area contributed by atoms with Crippen LogP contribution in [0.25, 0.3) is 28.1 Å². The summed E-state index contributed by atoms with van der Waals surface area (Å²) in [6.07, 6.45) is 1.34. The summed E-state index contributed by atoms with van der Waals surface area (Å²) in [4.78, 5) is 0.237. The Hall–Kier alpha value is -3.77. The van der Waals surface area contributed by atoms with Crippen molar-refractivity contribution in [3.8, 4) is 22.4 Å². The summed E-state index contributed by atoms with van der Waals surface area (Å²) < 4.78 is 53.6. The van der Waals surface area contributed by atoms with Crippen LogP contribution in [-0.4, -0.2) is 29.2 Å². The van der Waals surface area contributed by atoms with Crippen LogP contribution in [0.15, 0.2) is 77.8 Å². The largest absolute Gasteiger partial charge is 0.403 e. The summed E-state index contributed by atoms with van der Waals surface area (Å²) >= 11 is 3.93. The number of aliphatic hydroxyl groups is 1. The van der Waals surface area contributed by atoms with Crippen LogP contribution in [-0.2, 0) is 24.1 Å². The molecule has 0 bridgehead atoms. The van der Waals surface area contributed by atoms with Crippen LogP contribution in [0, 0.1) is 0 Å². The maximum absolute atomic E-state index is 15.5. The Kier molecular flexibility index (Phi) is 6.95. The summed E-state index contributed by atoms with van der Waals surface area (Å²) in [5, 5.41) is 16.5. The fourth-order valence-electron chi connectivity index (χ4n) is 4.61. The van der Waals surface area contributed by atoms with E-state index in [1.54, 1.807) is 72.7 Å². The Balaban J connectivity index is 1.76. The number of hydrogen-bond acceptors (Lipinski definition) is 6. The minimum atomic E-state index is -3.71. The zero-order valence-electron chi connectivity index (χ0n) is 21.7. The molecule has 1 atom stereocenters. The van der Waals surface area contributed by atoms with Crippen molar-refractivity contribution < 1.29 is 22.6 Å². The number of fused-ring (bicyclic) bond motifs is 3. The molecule has 1 aliphatic rings. The van der Waals surface area contributed by atoms with Gasteiger partial charge in [0.2, 0.25) is 0 Å². The molecule has 208 valence electrons. The van der Waals surface area contributed by atoms with Crippen molar-refractivity contribution in [1.82, 2.24) is 9.78 Å².